The van der Waals surface area contributed by atoms with E-state index in [0.717, 1.165) is 10.1 Å². The number of amides is 3. The van der Waals surface area contributed by atoms with Crippen molar-refractivity contribution in [3.05, 3.63) is 63.5 Å². The number of sulfonamides is 1. The van der Waals surface area contributed by atoms with Gasteiger partial charge in [-0.05, 0) is 48.1 Å². The molecule has 3 N–H and O–H groups in total. The molecule has 0 bridgehead atoms. The number of thiophene rings is 1. The van der Waals surface area contributed by atoms with Crippen LogP contribution < -0.4 is 10.0 Å². The summed E-state index contributed by atoms with van der Waals surface area (Å²) < 4.78 is 29.7. The molecule has 2 atom stereocenters. The molecule has 2 heterocycles. The first-order valence-corrected chi connectivity index (χ1v) is 16.4. The molecular weight excluding hydrogens is 623 g/mol. The number of aliphatic hydroxyl groups excluding tert-OH is 1. The lowest BCUT2D eigenvalue weighted by Crippen LogP contribution is -2.59. The molecule has 0 saturated carbocycles. The molecule has 0 aliphatic carbocycles. The predicted molar refractivity (Wildman–Crippen MR) is 163 cm³/mol. The number of carbonyl (C=O) groups excluding carboxylic acids is 3. The number of rotatable bonds is 10. The minimum atomic E-state index is -4.14. The Balaban J connectivity index is 1.38. The normalized spacial score (nSPS) is 15.6. The zero-order valence-corrected chi connectivity index (χ0v) is 26.2. The number of benzene rings is 2. The van der Waals surface area contributed by atoms with Crippen LogP contribution in [0.25, 0.3) is 10.1 Å². The van der Waals surface area contributed by atoms with Gasteiger partial charge in [-0.15, -0.1) is 11.3 Å². The predicted octanol–water partition coefficient (Wildman–Crippen LogP) is 3.36. The largest absolute Gasteiger partial charge is 0.394 e. The van der Waals surface area contributed by atoms with Gasteiger partial charge in [-0.3, -0.25) is 14.4 Å². The number of hydrogen-bond donors (Lipinski definition) is 3. The van der Waals surface area contributed by atoms with Crippen molar-refractivity contribution >= 4 is 72.4 Å². The van der Waals surface area contributed by atoms with Crippen molar-refractivity contribution in [1.82, 2.24) is 19.8 Å². The van der Waals surface area contributed by atoms with E-state index in [1.807, 2.05) is 38.1 Å². The summed E-state index contributed by atoms with van der Waals surface area (Å²) in [4.78, 5) is 42.7. The van der Waals surface area contributed by atoms with E-state index < -0.39 is 46.4 Å². The molecule has 3 amide bonds. The highest BCUT2D eigenvalue weighted by atomic mass is 35.5. The van der Waals surface area contributed by atoms with Gasteiger partial charge >= 0.3 is 0 Å². The fourth-order valence-corrected chi connectivity index (χ4v) is 7.65. The fourth-order valence-electron chi connectivity index (χ4n) is 4.71. The summed E-state index contributed by atoms with van der Waals surface area (Å²) >= 11 is 13.3. The van der Waals surface area contributed by atoms with Crippen LogP contribution in [-0.2, 0) is 19.6 Å². The zero-order chi connectivity index (χ0) is 30.6. The van der Waals surface area contributed by atoms with Crippen LogP contribution in [0.4, 0.5) is 0 Å². The molecule has 10 nitrogen and oxygen atoms in total. The second kappa shape index (κ2) is 13.7. The molecule has 1 fully saturated rings. The average Bonchev–Trinajstić information content (AvgIpc) is 3.39. The van der Waals surface area contributed by atoms with Gasteiger partial charge in [0.05, 0.1) is 16.5 Å². The van der Waals surface area contributed by atoms with Crippen LogP contribution in [0.2, 0.25) is 10.0 Å². The van der Waals surface area contributed by atoms with Crippen LogP contribution in [0.5, 0.6) is 0 Å². The van der Waals surface area contributed by atoms with E-state index in [4.69, 9.17) is 23.2 Å². The third-order valence-electron chi connectivity index (χ3n) is 6.82. The van der Waals surface area contributed by atoms with Crippen molar-refractivity contribution < 1.29 is 27.9 Å². The van der Waals surface area contributed by atoms with Gasteiger partial charge in [-0.25, -0.2) is 8.42 Å². The molecule has 42 heavy (non-hydrogen) atoms. The summed E-state index contributed by atoms with van der Waals surface area (Å²) in [6.07, 6.45) is 0.249. The van der Waals surface area contributed by atoms with E-state index >= 15 is 0 Å². The number of aliphatic hydroxyl groups is 1. The number of nitrogens with one attached hydrogen (secondary N) is 2. The highest BCUT2D eigenvalue weighted by Gasteiger charge is 2.34. The van der Waals surface area contributed by atoms with Gasteiger partial charge in [0.25, 0.3) is 5.91 Å². The van der Waals surface area contributed by atoms with E-state index in [1.54, 1.807) is 6.07 Å². The van der Waals surface area contributed by atoms with Gasteiger partial charge in [0.2, 0.25) is 21.8 Å². The van der Waals surface area contributed by atoms with Crippen LogP contribution in [0.1, 0.15) is 29.9 Å². The van der Waals surface area contributed by atoms with Gasteiger partial charge in [-0.2, -0.15) is 4.72 Å². The van der Waals surface area contributed by atoms with Crippen LogP contribution in [0, 0.1) is 5.92 Å². The summed E-state index contributed by atoms with van der Waals surface area (Å²) in [5, 5.41) is 13.6. The second-order valence-corrected chi connectivity index (χ2v) is 14.0. The van der Waals surface area contributed by atoms with E-state index in [-0.39, 0.29) is 53.5 Å². The molecule has 1 saturated heterocycles. The molecule has 1 aliphatic rings. The van der Waals surface area contributed by atoms with E-state index in [2.05, 4.69) is 10.0 Å². The Bertz CT molecular complexity index is 1540. The third-order valence-corrected chi connectivity index (χ3v) is 10.1. The zero-order valence-electron chi connectivity index (χ0n) is 23.0. The maximum absolute atomic E-state index is 13.5. The summed E-state index contributed by atoms with van der Waals surface area (Å²) in [6, 6.07) is 11.1. The Hall–Kier alpha value is -2.74. The molecule has 1 aromatic heterocycles. The van der Waals surface area contributed by atoms with Crippen molar-refractivity contribution in [3.63, 3.8) is 0 Å². The standard InChI is InChI=1S/C28H32Cl2N4O6S2/c1-17(2)13-21(32-42(39,40)25-8-7-19(29)15-20(25)30)27(37)33-9-11-34(12-10-33)28(38)22(16-35)31-26(36)24-14-18-5-3-4-6-23(18)41-24/h3-8,14-15,17,21-22,32,35H,9-13,16H2,1-2H3,(H,31,36)/t21-,22-/m0/s1. The van der Waals surface area contributed by atoms with Crippen LogP contribution in [0.15, 0.2) is 53.4 Å². The molecule has 226 valence electrons. The maximum Gasteiger partial charge on any atom is 0.262 e. The molecule has 1 aliphatic heterocycles. The van der Waals surface area contributed by atoms with Crippen molar-refractivity contribution in [1.29, 1.82) is 0 Å². The minimum Gasteiger partial charge on any atom is -0.394 e. The number of nitrogens with zero attached hydrogens (tertiary/aromatic N) is 2. The summed E-state index contributed by atoms with van der Waals surface area (Å²) in [6.45, 7) is 3.80. The van der Waals surface area contributed by atoms with Crippen LogP contribution >= 0.6 is 34.5 Å². The number of fused-ring (bicyclic) bond motifs is 1. The van der Waals surface area contributed by atoms with E-state index in [9.17, 15) is 27.9 Å². The first-order valence-electron chi connectivity index (χ1n) is 13.3. The molecule has 0 unspecified atom stereocenters. The fraction of sp³-hybridized carbons (Fsp3) is 0.393. The Morgan fingerprint density at radius 1 is 0.952 bits per heavy atom. The van der Waals surface area contributed by atoms with Crippen molar-refractivity contribution in [3.8, 4) is 0 Å². The topological polar surface area (TPSA) is 136 Å². The van der Waals surface area contributed by atoms with Crippen LogP contribution in [0.3, 0.4) is 0 Å². The van der Waals surface area contributed by atoms with Gasteiger partial charge in [0.1, 0.15) is 17.0 Å². The maximum atomic E-state index is 13.5. The minimum absolute atomic E-state index is 0.0000630. The number of piperazine rings is 1. The summed E-state index contributed by atoms with van der Waals surface area (Å²) in [5.41, 5.74) is 0. The molecule has 14 heteroatoms. The number of carbonyl (C=O) groups is 3. The Kier molecular flexibility index (Phi) is 10.5. The molecule has 3 aromatic rings. The van der Waals surface area contributed by atoms with Gasteiger partial charge in [0, 0.05) is 35.9 Å². The monoisotopic (exact) mass is 654 g/mol. The second-order valence-electron chi connectivity index (χ2n) is 10.4. The first-order chi connectivity index (χ1) is 19.9. The average molecular weight is 656 g/mol. The molecule has 2 aromatic carbocycles. The Morgan fingerprint density at radius 2 is 1.57 bits per heavy atom. The highest BCUT2D eigenvalue weighted by Crippen LogP contribution is 2.27. The van der Waals surface area contributed by atoms with Crippen molar-refractivity contribution in [2.24, 2.45) is 5.92 Å². The van der Waals surface area contributed by atoms with E-state index in [0.29, 0.717) is 4.88 Å². The highest BCUT2D eigenvalue weighted by molar-refractivity contribution is 7.89. The SMILES string of the molecule is CC(C)C[C@H](NS(=O)(=O)c1ccc(Cl)cc1Cl)C(=O)N1CCN(C(=O)[C@H](CO)NC(=O)c2cc3ccccc3s2)CC1. The third kappa shape index (κ3) is 7.61. The molecular formula is C28H32Cl2N4O6S2. The van der Waals surface area contributed by atoms with Crippen molar-refractivity contribution in [2.45, 2.75) is 37.2 Å². The van der Waals surface area contributed by atoms with Crippen molar-refractivity contribution in [2.75, 3.05) is 32.8 Å². The first kappa shape index (κ1) is 32.2. The smallest absolute Gasteiger partial charge is 0.262 e. The lowest BCUT2D eigenvalue weighted by atomic mass is 10.0. The molecule has 4 rings (SSSR count). The number of halogens is 2. The molecule has 0 spiro atoms. The van der Waals surface area contributed by atoms with Gasteiger partial charge < -0.3 is 20.2 Å². The lowest BCUT2D eigenvalue weighted by molar-refractivity contribution is -0.142. The number of hydrogen-bond acceptors (Lipinski definition) is 7. The summed E-state index contributed by atoms with van der Waals surface area (Å²) in [5.74, 6) is -1.33. The van der Waals surface area contributed by atoms with Crippen LogP contribution in [-0.4, -0.2) is 85.9 Å². The van der Waals surface area contributed by atoms with Gasteiger partial charge in [0.15, 0.2) is 0 Å². The van der Waals surface area contributed by atoms with E-state index in [1.165, 1.54) is 39.3 Å². The summed E-state index contributed by atoms with van der Waals surface area (Å²) in [7, 11) is -4.14. The quantitative estimate of drug-likeness (QED) is 0.307. The van der Waals surface area contributed by atoms with Gasteiger partial charge in [-0.1, -0.05) is 55.2 Å². The Morgan fingerprint density at radius 3 is 2.14 bits per heavy atom. The Labute approximate surface area is 258 Å². The lowest BCUT2D eigenvalue weighted by Gasteiger charge is -2.38. The molecule has 0 radical (unpaired) electrons.